The van der Waals surface area contributed by atoms with Gasteiger partial charge in [-0.1, -0.05) is 23.7 Å². The number of aromatic nitrogens is 3. The van der Waals surface area contributed by atoms with Gasteiger partial charge in [-0.25, -0.2) is 9.07 Å². The minimum Gasteiger partial charge on any atom is -0.311 e. The van der Waals surface area contributed by atoms with Crippen molar-refractivity contribution in [3.8, 4) is 5.69 Å². The second-order valence-corrected chi connectivity index (χ2v) is 4.36. The Kier molecular flexibility index (Phi) is 4.28. The smallest absolute Gasteiger partial charge is 0.149 e. The maximum absolute atomic E-state index is 13.6. The molecule has 0 aliphatic rings. The molecule has 0 saturated heterocycles. The first-order chi connectivity index (χ1) is 8.70. The van der Waals surface area contributed by atoms with Crippen molar-refractivity contribution in [2.75, 3.05) is 6.54 Å². The second-order valence-electron chi connectivity index (χ2n) is 3.93. The molecule has 1 heterocycles. The Morgan fingerprint density at radius 2 is 2.28 bits per heavy atom. The van der Waals surface area contributed by atoms with E-state index >= 15 is 0 Å². The summed E-state index contributed by atoms with van der Waals surface area (Å²) >= 11 is 5.84. The zero-order chi connectivity index (χ0) is 13.0. The van der Waals surface area contributed by atoms with Gasteiger partial charge in [-0.15, -0.1) is 5.10 Å². The van der Waals surface area contributed by atoms with Crippen LogP contribution in [0.4, 0.5) is 4.39 Å². The molecule has 0 unspecified atom stereocenters. The summed E-state index contributed by atoms with van der Waals surface area (Å²) in [5.74, 6) is -0.377. The lowest BCUT2D eigenvalue weighted by atomic mass is 10.3. The molecule has 1 aromatic carbocycles. The first-order valence-corrected chi connectivity index (χ1v) is 6.16. The monoisotopic (exact) mass is 268 g/mol. The van der Waals surface area contributed by atoms with Crippen molar-refractivity contribution in [1.82, 2.24) is 20.3 Å². The maximum atomic E-state index is 13.6. The Balaban J connectivity index is 2.16. The van der Waals surface area contributed by atoms with Gasteiger partial charge in [0, 0.05) is 11.6 Å². The Bertz CT molecular complexity index is 527. The van der Waals surface area contributed by atoms with Crippen LogP contribution in [0, 0.1) is 5.82 Å². The van der Waals surface area contributed by atoms with Crippen LogP contribution in [-0.2, 0) is 6.54 Å². The SMILES string of the molecule is CCCNCc1cn(-c2cc(Cl)ccc2F)nn1. The number of hydrogen-bond acceptors (Lipinski definition) is 3. The van der Waals surface area contributed by atoms with Gasteiger partial charge < -0.3 is 5.32 Å². The fraction of sp³-hybridized carbons (Fsp3) is 0.333. The van der Waals surface area contributed by atoms with Gasteiger partial charge in [0.1, 0.15) is 11.5 Å². The van der Waals surface area contributed by atoms with Crippen molar-refractivity contribution >= 4 is 11.6 Å². The van der Waals surface area contributed by atoms with Gasteiger partial charge in [-0.2, -0.15) is 0 Å². The fourth-order valence-electron chi connectivity index (χ4n) is 1.55. The molecule has 0 atom stereocenters. The molecule has 0 spiro atoms. The molecule has 0 aliphatic carbocycles. The average molecular weight is 269 g/mol. The summed E-state index contributed by atoms with van der Waals surface area (Å²) < 4.78 is 15.0. The predicted octanol–water partition coefficient (Wildman–Crippen LogP) is 2.56. The molecule has 0 radical (unpaired) electrons. The summed E-state index contributed by atoms with van der Waals surface area (Å²) in [6.07, 6.45) is 2.74. The lowest BCUT2D eigenvalue weighted by Gasteiger charge is -2.02. The number of halogens is 2. The number of hydrogen-bond donors (Lipinski definition) is 1. The van der Waals surface area contributed by atoms with Crippen LogP contribution < -0.4 is 5.32 Å². The summed E-state index contributed by atoms with van der Waals surface area (Å²) in [4.78, 5) is 0. The van der Waals surface area contributed by atoms with E-state index in [2.05, 4.69) is 22.6 Å². The minimum absolute atomic E-state index is 0.303. The van der Waals surface area contributed by atoms with E-state index in [-0.39, 0.29) is 5.82 Å². The van der Waals surface area contributed by atoms with E-state index in [1.54, 1.807) is 6.20 Å². The summed E-state index contributed by atoms with van der Waals surface area (Å²) in [5.41, 5.74) is 1.07. The lowest BCUT2D eigenvalue weighted by molar-refractivity contribution is 0.607. The highest BCUT2D eigenvalue weighted by molar-refractivity contribution is 6.30. The molecule has 0 fully saturated rings. The summed E-state index contributed by atoms with van der Waals surface area (Å²) in [6, 6.07) is 4.34. The van der Waals surface area contributed by atoms with Crippen LogP contribution in [0.25, 0.3) is 5.69 Å². The molecule has 6 heteroatoms. The molecular weight excluding hydrogens is 255 g/mol. The van der Waals surface area contributed by atoms with E-state index in [0.717, 1.165) is 18.7 Å². The van der Waals surface area contributed by atoms with Crippen molar-refractivity contribution in [2.45, 2.75) is 19.9 Å². The third-order valence-corrected chi connectivity index (χ3v) is 2.66. The average Bonchev–Trinajstić information content (AvgIpc) is 2.81. The van der Waals surface area contributed by atoms with Gasteiger partial charge in [0.25, 0.3) is 0 Å². The lowest BCUT2D eigenvalue weighted by Crippen LogP contribution is -2.13. The highest BCUT2D eigenvalue weighted by atomic mass is 35.5. The zero-order valence-electron chi connectivity index (χ0n) is 10.0. The van der Waals surface area contributed by atoms with Crippen molar-refractivity contribution in [3.05, 3.63) is 40.9 Å². The van der Waals surface area contributed by atoms with Gasteiger partial charge in [0.2, 0.25) is 0 Å². The van der Waals surface area contributed by atoms with Crippen molar-refractivity contribution < 1.29 is 4.39 Å². The molecule has 0 saturated carbocycles. The van der Waals surface area contributed by atoms with Crippen molar-refractivity contribution in [3.63, 3.8) is 0 Å². The largest absolute Gasteiger partial charge is 0.311 e. The van der Waals surface area contributed by atoms with E-state index in [1.807, 2.05) is 0 Å². The first-order valence-electron chi connectivity index (χ1n) is 5.78. The molecule has 0 aliphatic heterocycles. The van der Waals surface area contributed by atoms with E-state index in [9.17, 15) is 4.39 Å². The Morgan fingerprint density at radius 1 is 1.44 bits per heavy atom. The van der Waals surface area contributed by atoms with E-state index in [0.29, 0.717) is 17.3 Å². The molecule has 18 heavy (non-hydrogen) atoms. The van der Waals surface area contributed by atoms with Crippen molar-refractivity contribution in [2.24, 2.45) is 0 Å². The number of nitrogens with one attached hydrogen (secondary N) is 1. The minimum atomic E-state index is -0.377. The number of rotatable bonds is 5. The summed E-state index contributed by atoms with van der Waals surface area (Å²) in [7, 11) is 0. The van der Waals surface area contributed by atoms with E-state index in [4.69, 9.17) is 11.6 Å². The van der Waals surface area contributed by atoms with E-state index < -0.39 is 0 Å². The van der Waals surface area contributed by atoms with Crippen LogP contribution in [0.2, 0.25) is 5.02 Å². The Labute approximate surface area is 110 Å². The second kappa shape index (κ2) is 5.93. The highest BCUT2D eigenvalue weighted by Crippen LogP contribution is 2.18. The normalized spacial score (nSPS) is 10.8. The molecule has 0 bridgehead atoms. The topological polar surface area (TPSA) is 42.7 Å². The van der Waals surface area contributed by atoms with Gasteiger partial charge in [0.15, 0.2) is 0 Å². The van der Waals surface area contributed by atoms with E-state index in [1.165, 1.54) is 22.9 Å². The molecule has 96 valence electrons. The van der Waals surface area contributed by atoms with Crippen LogP contribution in [0.1, 0.15) is 19.0 Å². The zero-order valence-corrected chi connectivity index (χ0v) is 10.8. The third-order valence-electron chi connectivity index (χ3n) is 2.43. The van der Waals surface area contributed by atoms with Gasteiger partial charge >= 0.3 is 0 Å². The first kappa shape index (κ1) is 13.0. The quantitative estimate of drug-likeness (QED) is 0.848. The maximum Gasteiger partial charge on any atom is 0.149 e. The predicted molar refractivity (Wildman–Crippen MR) is 68.3 cm³/mol. The standard InChI is InChI=1S/C12H14ClFN4/c1-2-5-15-7-10-8-18(17-16-10)12-6-9(13)3-4-11(12)14/h3-4,6,8,15H,2,5,7H2,1H3. The van der Waals surface area contributed by atoms with Gasteiger partial charge in [-0.3, -0.25) is 0 Å². The summed E-state index contributed by atoms with van der Waals surface area (Å²) in [5, 5.41) is 11.5. The highest BCUT2D eigenvalue weighted by Gasteiger charge is 2.08. The van der Waals surface area contributed by atoms with Crippen LogP contribution in [0.3, 0.4) is 0 Å². The Morgan fingerprint density at radius 3 is 3.06 bits per heavy atom. The van der Waals surface area contributed by atoms with Gasteiger partial charge in [-0.05, 0) is 31.2 Å². The van der Waals surface area contributed by atoms with Crippen LogP contribution in [0.15, 0.2) is 24.4 Å². The molecule has 4 nitrogen and oxygen atoms in total. The molecule has 2 aromatic rings. The molecular formula is C12H14ClFN4. The molecule has 2 rings (SSSR count). The Hall–Kier alpha value is -1.46. The van der Waals surface area contributed by atoms with Crippen molar-refractivity contribution in [1.29, 1.82) is 0 Å². The molecule has 1 N–H and O–H groups in total. The number of benzene rings is 1. The molecule has 1 aromatic heterocycles. The third kappa shape index (κ3) is 3.05. The summed E-state index contributed by atoms with van der Waals surface area (Å²) in [6.45, 7) is 3.62. The fourth-order valence-corrected chi connectivity index (χ4v) is 1.72. The van der Waals surface area contributed by atoms with Crippen LogP contribution in [-0.4, -0.2) is 21.5 Å². The number of nitrogens with zero attached hydrogens (tertiary/aromatic N) is 3. The van der Waals surface area contributed by atoms with Crippen LogP contribution >= 0.6 is 11.6 Å². The van der Waals surface area contributed by atoms with Crippen LogP contribution in [0.5, 0.6) is 0 Å². The van der Waals surface area contributed by atoms with Gasteiger partial charge in [0.05, 0.1) is 11.9 Å². The molecule has 0 amide bonds.